The maximum Gasteiger partial charge on any atom is 0.311 e. The number of ether oxygens (including phenoxy) is 4. The van der Waals surface area contributed by atoms with Gasteiger partial charge in [-0.25, -0.2) is 0 Å². The van der Waals surface area contributed by atoms with E-state index in [1.54, 1.807) is 47.6 Å². The maximum atomic E-state index is 12.3. The lowest BCUT2D eigenvalue weighted by Gasteiger charge is -2.27. The molecule has 2 aliphatic heterocycles. The van der Waals surface area contributed by atoms with Crippen LogP contribution in [0.5, 0.6) is 0 Å². The molecule has 162 valence electrons. The molecule has 0 saturated heterocycles. The molecule has 0 saturated carbocycles. The smallest absolute Gasteiger partial charge is 0.311 e. The summed E-state index contributed by atoms with van der Waals surface area (Å²) in [5.41, 5.74) is -1.28. The third-order valence-corrected chi connectivity index (χ3v) is 4.48. The minimum Gasteiger partial charge on any atom is -0.461 e. The molecule has 2 aliphatic rings. The summed E-state index contributed by atoms with van der Waals surface area (Å²) in [5.74, 6) is -0.708. The molecular formula is C23H34O6. The second-order valence-corrected chi connectivity index (χ2v) is 9.46. The Labute approximate surface area is 173 Å². The second kappa shape index (κ2) is 9.72. The zero-order valence-corrected chi connectivity index (χ0v) is 18.3. The van der Waals surface area contributed by atoms with Crippen molar-refractivity contribution in [2.45, 2.75) is 72.4 Å². The van der Waals surface area contributed by atoms with Crippen LogP contribution in [0.4, 0.5) is 0 Å². The molecule has 0 unspecified atom stereocenters. The molecule has 0 amide bonds. The van der Waals surface area contributed by atoms with Crippen LogP contribution in [0.15, 0.2) is 36.5 Å². The Balaban J connectivity index is 2.06. The Bertz CT molecular complexity index is 662. The third-order valence-electron chi connectivity index (χ3n) is 4.48. The standard InChI is InChI=1S/C23H34O6/c1-22(2,3)20(24)27-15-17(29-21(25)23(4,5)6)13-12-16-9-7-10-18-19(28-16)11-8-14-26-18/h7-9,11-13,16-19H,10,14-15H2,1-6H3/b13-12+/t16-,17-,18+,19-/m0/s1. The molecule has 0 aliphatic carbocycles. The molecule has 0 aromatic carbocycles. The summed E-state index contributed by atoms with van der Waals surface area (Å²) in [6.45, 7) is 11.2. The zero-order chi connectivity index (χ0) is 21.7. The number of carbonyl (C=O) groups is 2. The number of rotatable bonds is 5. The normalized spacial score (nSPS) is 25.9. The summed E-state index contributed by atoms with van der Waals surface area (Å²) in [6.07, 6.45) is 11.2. The highest BCUT2D eigenvalue weighted by atomic mass is 16.6. The van der Waals surface area contributed by atoms with E-state index in [1.165, 1.54) is 0 Å². The van der Waals surface area contributed by atoms with Crippen LogP contribution in [0.1, 0.15) is 48.0 Å². The molecule has 4 atom stereocenters. The van der Waals surface area contributed by atoms with Crippen LogP contribution >= 0.6 is 0 Å². The zero-order valence-electron chi connectivity index (χ0n) is 18.3. The van der Waals surface area contributed by atoms with Crippen LogP contribution < -0.4 is 0 Å². The van der Waals surface area contributed by atoms with E-state index in [9.17, 15) is 9.59 Å². The minimum absolute atomic E-state index is 0.0110. The van der Waals surface area contributed by atoms with Crippen molar-refractivity contribution >= 4 is 11.9 Å². The van der Waals surface area contributed by atoms with Gasteiger partial charge in [0.15, 0.2) is 6.10 Å². The fourth-order valence-electron chi connectivity index (χ4n) is 2.66. The minimum atomic E-state index is -0.692. The van der Waals surface area contributed by atoms with E-state index in [-0.39, 0.29) is 36.9 Å². The van der Waals surface area contributed by atoms with Crippen molar-refractivity contribution in [1.82, 2.24) is 0 Å². The van der Waals surface area contributed by atoms with E-state index in [0.717, 1.165) is 6.42 Å². The van der Waals surface area contributed by atoms with Crippen LogP contribution in [-0.4, -0.2) is 49.6 Å². The maximum absolute atomic E-state index is 12.3. The molecule has 0 fully saturated rings. The van der Waals surface area contributed by atoms with E-state index in [0.29, 0.717) is 6.61 Å². The Morgan fingerprint density at radius 2 is 1.76 bits per heavy atom. The van der Waals surface area contributed by atoms with Gasteiger partial charge in [-0.3, -0.25) is 9.59 Å². The average molecular weight is 407 g/mol. The Hall–Kier alpha value is -1.92. The number of esters is 2. The van der Waals surface area contributed by atoms with Crippen molar-refractivity contribution in [3.8, 4) is 0 Å². The number of hydrogen-bond donors (Lipinski definition) is 0. The molecule has 6 heteroatoms. The highest BCUT2D eigenvalue weighted by molar-refractivity contribution is 5.76. The molecule has 0 N–H and O–H groups in total. The summed E-state index contributed by atoms with van der Waals surface area (Å²) in [4.78, 5) is 24.5. The van der Waals surface area contributed by atoms with Gasteiger partial charge in [-0.1, -0.05) is 30.4 Å². The van der Waals surface area contributed by atoms with E-state index in [2.05, 4.69) is 0 Å². The van der Waals surface area contributed by atoms with Crippen LogP contribution in [0.2, 0.25) is 0 Å². The van der Waals surface area contributed by atoms with Gasteiger partial charge in [0, 0.05) is 0 Å². The summed E-state index contributed by atoms with van der Waals surface area (Å²) in [6, 6.07) is 0. The Morgan fingerprint density at radius 3 is 2.41 bits per heavy atom. The average Bonchev–Trinajstić information content (AvgIpc) is 2.83. The topological polar surface area (TPSA) is 71.1 Å². The van der Waals surface area contributed by atoms with Crippen LogP contribution in [0.25, 0.3) is 0 Å². The molecule has 2 heterocycles. The van der Waals surface area contributed by atoms with Gasteiger partial charge < -0.3 is 18.9 Å². The first-order chi connectivity index (χ1) is 13.5. The molecule has 6 nitrogen and oxygen atoms in total. The van der Waals surface area contributed by atoms with Gasteiger partial charge in [0.05, 0.1) is 29.6 Å². The fraction of sp³-hybridized carbons (Fsp3) is 0.652. The van der Waals surface area contributed by atoms with E-state index in [1.807, 2.05) is 30.4 Å². The van der Waals surface area contributed by atoms with Crippen LogP contribution in [0, 0.1) is 10.8 Å². The molecule has 0 aromatic rings. The van der Waals surface area contributed by atoms with Crippen molar-refractivity contribution < 1.29 is 28.5 Å². The third kappa shape index (κ3) is 7.44. The predicted molar refractivity (Wildman–Crippen MR) is 110 cm³/mol. The first kappa shape index (κ1) is 23.4. The summed E-state index contributed by atoms with van der Waals surface area (Å²) < 4.78 is 22.8. The Morgan fingerprint density at radius 1 is 1.07 bits per heavy atom. The number of hydrogen-bond acceptors (Lipinski definition) is 6. The van der Waals surface area contributed by atoms with Crippen molar-refractivity contribution in [2.75, 3.05) is 13.2 Å². The lowest BCUT2D eigenvalue weighted by molar-refractivity contribution is -0.166. The summed E-state index contributed by atoms with van der Waals surface area (Å²) in [5, 5.41) is 0. The molecular weight excluding hydrogens is 372 g/mol. The van der Waals surface area contributed by atoms with Crippen molar-refractivity contribution in [2.24, 2.45) is 10.8 Å². The van der Waals surface area contributed by atoms with Gasteiger partial charge in [-0.15, -0.1) is 0 Å². The van der Waals surface area contributed by atoms with Gasteiger partial charge in [-0.2, -0.15) is 0 Å². The first-order valence-electron chi connectivity index (χ1n) is 10.1. The van der Waals surface area contributed by atoms with Gasteiger partial charge in [0.25, 0.3) is 0 Å². The summed E-state index contributed by atoms with van der Waals surface area (Å²) >= 11 is 0. The molecule has 0 bridgehead atoms. The van der Waals surface area contributed by atoms with E-state index >= 15 is 0 Å². The van der Waals surface area contributed by atoms with E-state index in [4.69, 9.17) is 18.9 Å². The number of carbonyl (C=O) groups excluding carboxylic acids is 2. The fourth-order valence-corrected chi connectivity index (χ4v) is 2.66. The predicted octanol–water partition coefficient (Wildman–Crippen LogP) is 3.76. The Kier molecular flexibility index (Phi) is 7.83. The lowest BCUT2D eigenvalue weighted by atomic mass is 9.97. The molecule has 0 spiro atoms. The highest BCUT2D eigenvalue weighted by Gasteiger charge is 2.29. The second-order valence-electron chi connectivity index (χ2n) is 9.46. The molecule has 0 radical (unpaired) electrons. The van der Waals surface area contributed by atoms with Crippen molar-refractivity contribution in [3.05, 3.63) is 36.5 Å². The van der Waals surface area contributed by atoms with Crippen LogP contribution in [0.3, 0.4) is 0 Å². The van der Waals surface area contributed by atoms with Crippen molar-refractivity contribution in [1.29, 1.82) is 0 Å². The number of fused-ring (bicyclic) bond motifs is 1. The first-order valence-corrected chi connectivity index (χ1v) is 10.1. The highest BCUT2D eigenvalue weighted by Crippen LogP contribution is 2.22. The van der Waals surface area contributed by atoms with Gasteiger partial charge in [-0.05, 0) is 54.0 Å². The molecule has 0 aromatic heterocycles. The quantitative estimate of drug-likeness (QED) is 0.511. The van der Waals surface area contributed by atoms with Gasteiger partial charge >= 0.3 is 11.9 Å². The largest absolute Gasteiger partial charge is 0.461 e. The van der Waals surface area contributed by atoms with Gasteiger partial charge in [0.1, 0.15) is 12.7 Å². The monoisotopic (exact) mass is 406 g/mol. The molecule has 2 rings (SSSR count). The van der Waals surface area contributed by atoms with Crippen molar-refractivity contribution in [3.63, 3.8) is 0 Å². The van der Waals surface area contributed by atoms with E-state index < -0.39 is 16.9 Å². The van der Waals surface area contributed by atoms with Crippen LogP contribution in [-0.2, 0) is 28.5 Å². The molecule has 29 heavy (non-hydrogen) atoms. The summed E-state index contributed by atoms with van der Waals surface area (Å²) in [7, 11) is 0. The van der Waals surface area contributed by atoms with Gasteiger partial charge in [0.2, 0.25) is 0 Å². The SMILES string of the molecule is CC(C)(C)C(=O)OC[C@H](/C=C/[C@@H]1C=CC[C@H]2OCC=C[C@@H]2O1)OC(=O)C(C)(C)C. The lowest BCUT2D eigenvalue weighted by Crippen LogP contribution is -2.34.